The number of allylic oxidation sites excluding steroid dienone is 5. The van der Waals surface area contributed by atoms with Gasteiger partial charge in [0.1, 0.15) is 11.7 Å². The predicted molar refractivity (Wildman–Crippen MR) is 47.5 cm³/mol. The summed E-state index contributed by atoms with van der Waals surface area (Å²) in [5.41, 5.74) is 1.11. The lowest BCUT2D eigenvalue weighted by molar-refractivity contribution is -0.138. The van der Waals surface area contributed by atoms with Crippen molar-refractivity contribution in [1.29, 1.82) is 0 Å². The Morgan fingerprint density at radius 3 is 3.00 bits per heavy atom. The Hall–Kier alpha value is -1.57. The maximum Gasteiger partial charge on any atom is 0.322 e. The molecule has 3 aliphatic rings. The van der Waals surface area contributed by atoms with Gasteiger partial charge in [0.2, 0.25) is 0 Å². The maximum absolute atomic E-state index is 11.3. The van der Waals surface area contributed by atoms with Crippen molar-refractivity contribution in [3.8, 4) is 0 Å². The fourth-order valence-corrected chi connectivity index (χ4v) is 2.02. The predicted octanol–water partition coefficient (Wildman–Crippen LogP) is 1.73. The van der Waals surface area contributed by atoms with E-state index >= 15 is 0 Å². The Labute approximate surface area is 75.9 Å². The van der Waals surface area contributed by atoms with E-state index in [1.54, 1.807) is 0 Å². The molecule has 0 aromatic heterocycles. The molecule has 1 aliphatic heterocycles. The molecule has 2 nitrogen and oxygen atoms in total. The molecule has 3 rings (SSSR count). The molecular weight excluding hydrogens is 164 g/mol. The van der Waals surface area contributed by atoms with Crippen molar-refractivity contribution in [1.82, 2.24) is 0 Å². The van der Waals surface area contributed by atoms with Crippen LogP contribution in [-0.4, -0.2) is 5.97 Å². The number of esters is 1. The highest BCUT2D eigenvalue weighted by Crippen LogP contribution is 2.41. The number of carbonyl (C=O) groups excluding carboxylic acids is 1. The van der Waals surface area contributed by atoms with Gasteiger partial charge in [-0.3, -0.25) is 4.79 Å². The van der Waals surface area contributed by atoms with Crippen LogP contribution < -0.4 is 0 Å². The van der Waals surface area contributed by atoms with Gasteiger partial charge in [0.15, 0.2) is 0 Å². The third-order valence-electron chi connectivity index (χ3n) is 2.63. The molecule has 13 heavy (non-hydrogen) atoms. The Bertz CT molecular complexity index is 396. The minimum Gasteiger partial charge on any atom is -0.426 e. The van der Waals surface area contributed by atoms with Crippen LogP contribution in [0.5, 0.6) is 0 Å². The average molecular weight is 172 g/mol. The fourth-order valence-electron chi connectivity index (χ4n) is 2.02. The van der Waals surface area contributed by atoms with Crippen molar-refractivity contribution in [3.05, 3.63) is 47.8 Å². The second-order valence-electron chi connectivity index (χ2n) is 3.37. The highest BCUT2D eigenvalue weighted by molar-refractivity contribution is 5.85. The lowest BCUT2D eigenvalue weighted by atomic mass is 9.96. The summed E-state index contributed by atoms with van der Waals surface area (Å²) in [5, 5.41) is 0. The van der Waals surface area contributed by atoms with Crippen LogP contribution >= 0.6 is 0 Å². The lowest BCUT2D eigenvalue weighted by Gasteiger charge is -2.03. The van der Waals surface area contributed by atoms with E-state index in [-0.39, 0.29) is 17.8 Å². The zero-order valence-corrected chi connectivity index (χ0v) is 6.94. The van der Waals surface area contributed by atoms with Gasteiger partial charge < -0.3 is 4.74 Å². The molecule has 0 N–H and O–H groups in total. The van der Waals surface area contributed by atoms with Gasteiger partial charge in [-0.15, -0.1) is 0 Å². The monoisotopic (exact) mass is 172 g/mol. The maximum atomic E-state index is 11.3. The number of ether oxygens (including phenoxy) is 1. The molecule has 0 fully saturated rings. The first kappa shape index (κ1) is 6.89. The van der Waals surface area contributed by atoms with Gasteiger partial charge in [-0.05, 0) is 6.08 Å². The largest absolute Gasteiger partial charge is 0.426 e. The third-order valence-corrected chi connectivity index (χ3v) is 2.63. The van der Waals surface area contributed by atoms with Gasteiger partial charge in [-0.2, -0.15) is 0 Å². The smallest absolute Gasteiger partial charge is 0.322 e. The van der Waals surface area contributed by atoms with E-state index < -0.39 is 0 Å². The SMILES string of the molecule is O=C1OC2=C3C(C=CC=C2)C=CC13. The minimum atomic E-state index is -0.135. The van der Waals surface area contributed by atoms with Crippen LogP contribution in [0.2, 0.25) is 0 Å². The number of hydrogen-bond acceptors (Lipinski definition) is 2. The van der Waals surface area contributed by atoms with E-state index in [2.05, 4.69) is 12.2 Å². The zero-order valence-electron chi connectivity index (χ0n) is 6.94. The quantitative estimate of drug-likeness (QED) is 0.411. The number of rotatable bonds is 0. The van der Waals surface area contributed by atoms with E-state index in [0.29, 0.717) is 0 Å². The van der Waals surface area contributed by atoms with E-state index in [1.807, 2.05) is 24.3 Å². The zero-order chi connectivity index (χ0) is 8.84. The molecule has 0 aromatic carbocycles. The first-order valence-corrected chi connectivity index (χ1v) is 4.35. The van der Waals surface area contributed by atoms with Crippen molar-refractivity contribution in [2.24, 2.45) is 11.8 Å². The van der Waals surface area contributed by atoms with Gasteiger partial charge in [-0.1, -0.05) is 30.4 Å². The van der Waals surface area contributed by atoms with Crippen LogP contribution in [0.15, 0.2) is 47.8 Å². The molecule has 0 spiro atoms. The molecule has 0 saturated heterocycles. The summed E-state index contributed by atoms with van der Waals surface area (Å²) >= 11 is 0. The van der Waals surface area contributed by atoms with Crippen LogP contribution in [0.25, 0.3) is 0 Å². The van der Waals surface area contributed by atoms with Crippen LogP contribution in [0.1, 0.15) is 0 Å². The lowest BCUT2D eigenvalue weighted by Crippen LogP contribution is -2.07. The summed E-state index contributed by atoms with van der Waals surface area (Å²) in [5.74, 6) is 0.757. The van der Waals surface area contributed by atoms with E-state index in [9.17, 15) is 4.79 Å². The second kappa shape index (κ2) is 2.22. The topological polar surface area (TPSA) is 26.3 Å². The molecule has 0 radical (unpaired) electrons. The van der Waals surface area contributed by atoms with Crippen LogP contribution in [-0.2, 0) is 9.53 Å². The summed E-state index contributed by atoms with van der Waals surface area (Å²) in [6, 6.07) is 0. The van der Waals surface area contributed by atoms with Crippen molar-refractivity contribution < 1.29 is 9.53 Å². The first-order chi connectivity index (χ1) is 6.36. The summed E-state index contributed by atoms with van der Waals surface area (Å²) in [4.78, 5) is 11.3. The molecule has 2 aliphatic carbocycles. The van der Waals surface area contributed by atoms with Crippen molar-refractivity contribution in [3.63, 3.8) is 0 Å². The Balaban J connectivity index is 2.18. The summed E-state index contributed by atoms with van der Waals surface area (Å²) in [7, 11) is 0. The summed E-state index contributed by atoms with van der Waals surface area (Å²) in [6.07, 6.45) is 11.8. The molecule has 0 saturated carbocycles. The highest BCUT2D eigenvalue weighted by atomic mass is 16.5. The van der Waals surface area contributed by atoms with E-state index in [4.69, 9.17) is 4.74 Å². The van der Waals surface area contributed by atoms with Gasteiger partial charge in [-0.25, -0.2) is 0 Å². The highest BCUT2D eigenvalue weighted by Gasteiger charge is 2.39. The molecule has 64 valence electrons. The Morgan fingerprint density at radius 2 is 2.08 bits per heavy atom. The van der Waals surface area contributed by atoms with Crippen molar-refractivity contribution in [2.45, 2.75) is 0 Å². The number of carbonyl (C=O) groups is 1. The molecule has 0 aromatic rings. The van der Waals surface area contributed by atoms with E-state index in [0.717, 1.165) is 11.3 Å². The van der Waals surface area contributed by atoms with Gasteiger partial charge in [0.25, 0.3) is 0 Å². The molecule has 0 bridgehead atoms. The standard InChI is InChI=1S/C11H8O2/c12-11-8-6-5-7-3-1-2-4-9(13-11)10(7)8/h1-8H. The van der Waals surface area contributed by atoms with Gasteiger partial charge >= 0.3 is 5.97 Å². The Morgan fingerprint density at radius 1 is 1.15 bits per heavy atom. The average Bonchev–Trinajstić information content (AvgIpc) is 2.58. The van der Waals surface area contributed by atoms with Gasteiger partial charge in [0, 0.05) is 11.5 Å². The van der Waals surface area contributed by atoms with Gasteiger partial charge in [0.05, 0.1) is 0 Å². The molecular formula is C11H8O2. The second-order valence-corrected chi connectivity index (χ2v) is 3.37. The Kier molecular flexibility index (Phi) is 1.18. The molecule has 1 heterocycles. The molecule has 2 heteroatoms. The minimum absolute atomic E-state index is 0.118. The molecule has 0 amide bonds. The van der Waals surface area contributed by atoms with Crippen molar-refractivity contribution in [2.75, 3.05) is 0 Å². The summed E-state index contributed by atoms with van der Waals surface area (Å²) in [6.45, 7) is 0. The van der Waals surface area contributed by atoms with Crippen molar-refractivity contribution >= 4 is 5.97 Å². The van der Waals surface area contributed by atoms with Crippen LogP contribution in [0.3, 0.4) is 0 Å². The number of hydrogen-bond donors (Lipinski definition) is 0. The first-order valence-electron chi connectivity index (χ1n) is 4.35. The normalized spacial score (nSPS) is 33.7. The van der Waals surface area contributed by atoms with E-state index in [1.165, 1.54) is 0 Å². The van der Waals surface area contributed by atoms with Crippen LogP contribution in [0, 0.1) is 11.8 Å². The fraction of sp³-hybridized carbons (Fsp3) is 0.182. The summed E-state index contributed by atoms with van der Waals surface area (Å²) < 4.78 is 5.14. The molecule has 2 atom stereocenters. The van der Waals surface area contributed by atoms with Crippen LogP contribution in [0.4, 0.5) is 0 Å². The molecule has 2 unspecified atom stereocenters. The third kappa shape index (κ3) is 0.800.